The molecule has 4 heteroatoms. The molecule has 4 nitrogen and oxygen atoms in total. The Labute approximate surface area is 114 Å². The van der Waals surface area contributed by atoms with Gasteiger partial charge in [-0.3, -0.25) is 4.79 Å². The van der Waals surface area contributed by atoms with E-state index in [1.807, 2.05) is 18.9 Å². The molecule has 1 heterocycles. The van der Waals surface area contributed by atoms with E-state index in [-0.39, 0.29) is 17.2 Å². The second-order valence-corrected chi connectivity index (χ2v) is 5.60. The average Bonchev–Trinajstić information content (AvgIpc) is 2.39. The fourth-order valence-electron chi connectivity index (χ4n) is 2.51. The molecule has 2 N–H and O–H groups in total. The number of benzene rings is 1. The van der Waals surface area contributed by atoms with Gasteiger partial charge in [0, 0.05) is 24.2 Å². The van der Waals surface area contributed by atoms with Gasteiger partial charge in [0.25, 0.3) is 5.91 Å². The number of carbonyl (C=O) groups is 1. The quantitative estimate of drug-likeness (QED) is 0.856. The molecule has 0 aromatic heterocycles. The number of likely N-dealkylation sites (tertiary alicyclic amines) is 1. The van der Waals surface area contributed by atoms with E-state index < -0.39 is 0 Å². The Kier molecular flexibility index (Phi) is 3.80. The zero-order chi connectivity index (χ0) is 14.0. The van der Waals surface area contributed by atoms with Crippen molar-refractivity contribution in [3.05, 3.63) is 29.3 Å². The average molecular weight is 262 g/mol. The molecule has 0 saturated carbocycles. The predicted octanol–water partition coefficient (Wildman–Crippen LogP) is 1.91. The molecule has 1 fully saturated rings. The third-order valence-corrected chi connectivity index (χ3v) is 4.20. The second-order valence-electron chi connectivity index (χ2n) is 5.60. The Morgan fingerprint density at radius 2 is 2.00 bits per heavy atom. The molecule has 19 heavy (non-hydrogen) atoms. The van der Waals surface area contributed by atoms with Crippen LogP contribution in [-0.2, 0) is 0 Å². The minimum Gasteiger partial charge on any atom is -0.508 e. The molecule has 0 radical (unpaired) electrons. The summed E-state index contributed by atoms with van der Waals surface area (Å²) < 4.78 is 0. The first kappa shape index (κ1) is 13.9. The number of hydrogen-bond donors (Lipinski definition) is 2. The van der Waals surface area contributed by atoms with Crippen LogP contribution in [0.2, 0.25) is 0 Å². The van der Waals surface area contributed by atoms with E-state index in [1.54, 1.807) is 18.2 Å². The summed E-state index contributed by atoms with van der Waals surface area (Å²) in [6.45, 7) is 5.60. The number of nitrogens with one attached hydrogen (secondary N) is 1. The van der Waals surface area contributed by atoms with Crippen LogP contribution >= 0.6 is 0 Å². The van der Waals surface area contributed by atoms with E-state index in [2.05, 4.69) is 12.2 Å². The van der Waals surface area contributed by atoms with Crippen molar-refractivity contribution in [2.24, 2.45) is 0 Å². The van der Waals surface area contributed by atoms with Crippen LogP contribution < -0.4 is 5.32 Å². The first-order valence-corrected chi connectivity index (χ1v) is 6.73. The van der Waals surface area contributed by atoms with E-state index in [0.29, 0.717) is 5.56 Å². The third kappa shape index (κ3) is 2.89. The zero-order valence-electron chi connectivity index (χ0n) is 11.9. The number of piperidine rings is 1. The Morgan fingerprint density at radius 3 is 2.53 bits per heavy atom. The molecule has 0 aliphatic carbocycles. The summed E-state index contributed by atoms with van der Waals surface area (Å²) in [5.41, 5.74) is 1.65. The highest BCUT2D eigenvalue weighted by Crippen LogP contribution is 2.24. The van der Waals surface area contributed by atoms with Gasteiger partial charge in [-0.15, -0.1) is 0 Å². The standard InChI is InChI=1S/C15H22N2O2/c1-11-10-12(18)4-5-13(11)14(19)17-8-6-15(2,16-3)7-9-17/h4-5,10,16,18H,6-9H2,1-3H3. The minimum atomic E-state index is 0.0654. The van der Waals surface area contributed by atoms with Gasteiger partial charge in [0.15, 0.2) is 0 Å². The summed E-state index contributed by atoms with van der Waals surface area (Å²) in [4.78, 5) is 14.4. The molecule has 0 atom stereocenters. The van der Waals surface area contributed by atoms with Gasteiger partial charge in [0.2, 0.25) is 0 Å². The number of aryl methyl sites for hydroxylation is 1. The lowest BCUT2D eigenvalue weighted by molar-refractivity contribution is 0.0661. The number of rotatable bonds is 2. The van der Waals surface area contributed by atoms with Crippen molar-refractivity contribution in [3.8, 4) is 5.75 Å². The monoisotopic (exact) mass is 262 g/mol. The lowest BCUT2D eigenvalue weighted by Crippen LogP contribution is -2.51. The number of carbonyl (C=O) groups excluding carboxylic acids is 1. The van der Waals surface area contributed by atoms with Crippen molar-refractivity contribution in [3.63, 3.8) is 0 Å². The van der Waals surface area contributed by atoms with E-state index in [0.717, 1.165) is 31.5 Å². The minimum absolute atomic E-state index is 0.0654. The molecule has 2 rings (SSSR count). The molecule has 1 aromatic rings. The molecular weight excluding hydrogens is 240 g/mol. The van der Waals surface area contributed by atoms with Crippen molar-refractivity contribution in [2.75, 3.05) is 20.1 Å². The summed E-state index contributed by atoms with van der Waals surface area (Å²) in [6.07, 6.45) is 1.93. The van der Waals surface area contributed by atoms with Crippen molar-refractivity contribution >= 4 is 5.91 Å². The van der Waals surface area contributed by atoms with Crippen LogP contribution in [0.1, 0.15) is 35.7 Å². The zero-order valence-corrected chi connectivity index (χ0v) is 11.9. The SMILES string of the molecule is CNC1(C)CCN(C(=O)c2ccc(O)cc2C)CC1. The molecule has 1 aromatic carbocycles. The van der Waals surface area contributed by atoms with Crippen LogP contribution in [-0.4, -0.2) is 41.6 Å². The van der Waals surface area contributed by atoms with E-state index >= 15 is 0 Å². The fraction of sp³-hybridized carbons (Fsp3) is 0.533. The summed E-state index contributed by atoms with van der Waals surface area (Å²) in [6, 6.07) is 4.91. The van der Waals surface area contributed by atoms with Crippen LogP contribution in [0.15, 0.2) is 18.2 Å². The number of nitrogens with zero attached hydrogens (tertiary/aromatic N) is 1. The first-order valence-electron chi connectivity index (χ1n) is 6.73. The van der Waals surface area contributed by atoms with Gasteiger partial charge in [-0.05, 0) is 57.5 Å². The van der Waals surface area contributed by atoms with Crippen LogP contribution in [0.3, 0.4) is 0 Å². The van der Waals surface area contributed by atoms with Gasteiger partial charge >= 0.3 is 0 Å². The van der Waals surface area contributed by atoms with E-state index in [1.165, 1.54) is 0 Å². The number of aromatic hydroxyl groups is 1. The van der Waals surface area contributed by atoms with Crippen LogP contribution in [0.25, 0.3) is 0 Å². The van der Waals surface area contributed by atoms with Crippen LogP contribution in [0.4, 0.5) is 0 Å². The molecule has 1 aliphatic heterocycles. The number of hydrogen-bond acceptors (Lipinski definition) is 3. The molecule has 1 amide bonds. The van der Waals surface area contributed by atoms with Crippen molar-refractivity contribution in [1.82, 2.24) is 10.2 Å². The first-order chi connectivity index (χ1) is 8.95. The number of phenolic OH excluding ortho intramolecular Hbond substituents is 1. The summed E-state index contributed by atoms with van der Waals surface area (Å²) in [5.74, 6) is 0.270. The van der Waals surface area contributed by atoms with Gasteiger partial charge < -0.3 is 15.3 Å². The molecule has 0 bridgehead atoms. The molecular formula is C15H22N2O2. The normalized spacial score (nSPS) is 18.4. The third-order valence-electron chi connectivity index (χ3n) is 4.20. The fourth-order valence-corrected chi connectivity index (χ4v) is 2.51. The van der Waals surface area contributed by atoms with Gasteiger partial charge in [0.05, 0.1) is 0 Å². The Balaban J connectivity index is 2.09. The lowest BCUT2D eigenvalue weighted by atomic mass is 9.89. The van der Waals surface area contributed by atoms with Crippen LogP contribution in [0, 0.1) is 6.92 Å². The molecule has 104 valence electrons. The van der Waals surface area contributed by atoms with Gasteiger partial charge in [-0.2, -0.15) is 0 Å². The van der Waals surface area contributed by atoms with Crippen LogP contribution in [0.5, 0.6) is 5.75 Å². The van der Waals surface area contributed by atoms with Gasteiger partial charge in [-0.1, -0.05) is 0 Å². The number of phenols is 1. The topological polar surface area (TPSA) is 52.6 Å². The molecule has 1 aliphatic rings. The van der Waals surface area contributed by atoms with Crippen molar-refractivity contribution in [2.45, 2.75) is 32.2 Å². The summed E-state index contributed by atoms with van der Waals surface area (Å²) in [5, 5.41) is 12.7. The number of amides is 1. The second kappa shape index (κ2) is 5.21. The maximum Gasteiger partial charge on any atom is 0.254 e. The van der Waals surface area contributed by atoms with Crippen molar-refractivity contribution in [1.29, 1.82) is 0 Å². The highest BCUT2D eigenvalue weighted by Gasteiger charge is 2.30. The Hall–Kier alpha value is -1.55. The summed E-state index contributed by atoms with van der Waals surface area (Å²) >= 11 is 0. The maximum absolute atomic E-state index is 12.5. The van der Waals surface area contributed by atoms with Crippen molar-refractivity contribution < 1.29 is 9.90 Å². The van der Waals surface area contributed by atoms with E-state index in [9.17, 15) is 9.90 Å². The predicted molar refractivity (Wildman–Crippen MR) is 75.4 cm³/mol. The highest BCUT2D eigenvalue weighted by molar-refractivity contribution is 5.95. The Morgan fingerprint density at radius 1 is 1.37 bits per heavy atom. The van der Waals surface area contributed by atoms with Gasteiger partial charge in [0.1, 0.15) is 5.75 Å². The largest absolute Gasteiger partial charge is 0.508 e. The lowest BCUT2D eigenvalue weighted by Gasteiger charge is -2.39. The molecule has 0 spiro atoms. The van der Waals surface area contributed by atoms with E-state index in [4.69, 9.17) is 0 Å². The molecule has 0 unspecified atom stereocenters. The highest BCUT2D eigenvalue weighted by atomic mass is 16.3. The summed E-state index contributed by atoms with van der Waals surface area (Å²) in [7, 11) is 1.97. The smallest absolute Gasteiger partial charge is 0.254 e. The molecule has 1 saturated heterocycles. The Bertz CT molecular complexity index is 477. The maximum atomic E-state index is 12.5. The van der Waals surface area contributed by atoms with Gasteiger partial charge in [-0.25, -0.2) is 0 Å².